The molecule has 112 valence electrons. The van der Waals surface area contributed by atoms with E-state index in [4.69, 9.17) is 4.74 Å². The third-order valence-electron chi connectivity index (χ3n) is 4.29. The minimum Gasteiger partial charge on any atom is -0.384 e. The molecule has 0 bridgehead atoms. The topological polar surface area (TPSA) is 12.5 Å². The van der Waals surface area contributed by atoms with Crippen LogP contribution in [0.25, 0.3) is 0 Å². The maximum atomic E-state index is 5.73. The van der Waals surface area contributed by atoms with Crippen LogP contribution in [0.2, 0.25) is 0 Å². The van der Waals surface area contributed by atoms with Crippen molar-refractivity contribution < 1.29 is 4.74 Å². The van der Waals surface area contributed by atoms with Crippen LogP contribution < -0.4 is 0 Å². The van der Waals surface area contributed by atoms with Gasteiger partial charge in [-0.25, -0.2) is 0 Å². The van der Waals surface area contributed by atoms with Gasteiger partial charge < -0.3 is 9.64 Å². The normalized spacial score (nSPS) is 27.7. The van der Waals surface area contributed by atoms with Gasteiger partial charge in [0.1, 0.15) is 0 Å². The Morgan fingerprint density at radius 3 is 2.63 bits per heavy atom. The molecule has 0 aromatic carbocycles. The Labute approximate surface area is 120 Å². The van der Waals surface area contributed by atoms with E-state index in [0.29, 0.717) is 5.92 Å². The molecule has 0 saturated heterocycles. The molecular formula is C17H33NO. The molecule has 0 aromatic heterocycles. The highest BCUT2D eigenvalue weighted by Crippen LogP contribution is 2.51. The lowest BCUT2D eigenvalue weighted by Crippen LogP contribution is -2.08. The molecule has 0 aromatic rings. The van der Waals surface area contributed by atoms with E-state index < -0.39 is 0 Å². The minimum atomic E-state index is 0.715. The summed E-state index contributed by atoms with van der Waals surface area (Å²) in [6, 6.07) is 0. The number of nitrogens with zero attached hydrogens (tertiary/aromatic N) is 1. The lowest BCUT2D eigenvalue weighted by Gasteiger charge is -2.11. The molecule has 0 radical (unpaired) electrons. The summed E-state index contributed by atoms with van der Waals surface area (Å²) in [7, 11) is 4.17. The van der Waals surface area contributed by atoms with Gasteiger partial charge in [-0.2, -0.15) is 0 Å². The Morgan fingerprint density at radius 1 is 1.26 bits per heavy atom. The SMILES string of the molecule is CCCCOC[C@@H](C)C[C@H]1[C@@H](C)[C@H]1C/C=C\N(C)C. The Kier molecular flexibility index (Phi) is 7.52. The van der Waals surface area contributed by atoms with Crippen molar-refractivity contribution in [2.45, 2.75) is 46.5 Å². The van der Waals surface area contributed by atoms with E-state index in [1.54, 1.807) is 0 Å². The smallest absolute Gasteiger partial charge is 0.0491 e. The van der Waals surface area contributed by atoms with E-state index in [1.807, 2.05) is 0 Å². The Bertz CT molecular complexity index is 262. The van der Waals surface area contributed by atoms with Gasteiger partial charge >= 0.3 is 0 Å². The van der Waals surface area contributed by atoms with Gasteiger partial charge in [-0.3, -0.25) is 0 Å². The summed E-state index contributed by atoms with van der Waals surface area (Å²) in [6.45, 7) is 8.84. The van der Waals surface area contributed by atoms with Crippen molar-refractivity contribution >= 4 is 0 Å². The van der Waals surface area contributed by atoms with Gasteiger partial charge in [-0.05, 0) is 49.1 Å². The number of rotatable bonds is 10. The average molecular weight is 267 g/mol. The van der Waals surface area contributed by atoms with Crippen LogP contribution in [-0.4, -0.2) is 32.2 Å². The highest BCUT2D eigenvalue weighted by Gasteiger charge is 2.45. The highest BCUT2D eigenvalue weighted by molar-refractivity contribution is 4.99. The lowest BCUT2D eigenvalue weighted by molar-refractivity contribution is 0.0970. The van der Waals surface area contributed by atoms with E-state index in [1.165, 1.54) is 25.7 Å². The fourth-order valence-electron chi connectivity index (χ4n) is 2.91. The molecule has 0 amide bonds. The molecule has 1 aliphatic carbocycles. The summed E-state index contributed by atoms with van der Waals surface area (Å²) in [6.07, 6.45) is 9.52. The number of unbranched alkanes of at least 4 members (excludes halogenated alkanes) is 1. The predicted octanol–water partition coefficient (Wildman–Crippen LogP) is 4.18. The zero-order valence-electron chi connectivity index (χ0n) is 13.6. The molecule has 2 heteroatoms. The third kappa shape index (κ3) is 6.47. The summed E-state index contributed by atoms with van der Waals surface area (Å²) in [5.41, 5.74) is 0. The van der Waals surface area contributed by atoms with Gasteiger partial charge in [0.25, 0.3) is 0 Å². The third-order valence-corrected chi connectivity index (χ3v) is 4.29. The first-order valence-corrected chi connectivity index (χ1v) is 7.97. The standard InChI is InChI=1S/C17H33NO/c1-6-7-11-19-13-14(2)12-17-15(3)16(17)9-8-10-18(4)5/h8,10,14-17H,6-7,9,11-13H2,1-5H3/b10-8-/t14-,15-,16+,17-/m0/s1. The highest BCUT2D eigenvalue weighted by atomic mass is 16.5. The molecule has 19 heavy (non-hydrogen) atoms. The number of hydrogen-bond acceptors (Lipinski definition) is 2. The van der Waals surface area contributed by atoms with Crippen molar-refractivity contribution in [2.24, 2.45) is 23.7 Å². The Morgan fingerprint density at radius 2 is 2.00 bits per heavy atom. The zero-order valence-corrected chi connectivity index (χ0v) is 13.6. The number of allylic oxidation sites excluding steroid dienone is 1. The van der Waals surface area contributed by atoms with Gasteiger partial charge in [-0.1, -0.05) is 33.3 Å². The largest absolute Gasteiger partial charge is 0.384 e. The summed E-state index contributed by atoms with van der Waals surface area (Å²) < 4.78 is 5.73. The van der Waals surface area contributed by atoms with Crippen LogP contribution in [0.5, 0.6) is 0 Å². The van der Waals surface area contributed by atoms with Crippen LogP contribution in [0.1, 0.15) is 46.5 Å². The van der Waals surface area contributed by atoms with Gasteiger partial charge in [0.15, 0.2) is 0 Å². The van der Waals surface area contributed by atoms with Crippen LogP contribution in [-0.2, 0) is 4.74 Å². The Balaban J connectivity index is 2.12. The molecule has 0 spiro atoms. The van der Waals surface area contributed by atoms with Crippen LogP contribution >= 0.6 is 0 Å². The molecular weight excluding hydrogens is 234 g/mol. The average Bonchev–Trinajstić information content (AvgIpc) is 2.94. The van der Waals surface area contributed by atoms with E-state index >= 15 is 0 Å². The van der Waals surface area contributed by atoms with Crippen LogP contribution in [0.3, 0.4) is 0 Å². The molecule has 1 aliphatic rings. The predicted molar refractivity (Wildman–Crippen MR) is 83.1 cm³/mol. The molecule has 0 heterocycles. The van der Waals surface area contributed by atoms with Crippen LogP contribution in [0.15, 0.2) is 12.3 Å². The molecule has 0 N–H and O–H groups in total. The first-order chi connectivity index (χ1) is 9.06. The van der Waals surface area contributed by atoms with Gasteiger partial charge in [0, 0.05) is 27.3 Å². The van der Waals surface area contributed by atoms with Crippen molar-refractivity contribution in [3.8, 4) is 0 Å². The minimum absolute atomic E-state index is 0.715. The quantitative estimate of drug-likeness (QED) is 0.551. The summed E-state index contributed by atoms with van der Waals surface area (Å²) >= 11 is 0. The molecule has 0 aliphatic heterocycles. The van der Waals surface area contributed by atoms with Crippen LogP contribution in [0, 0.1) is 23.7 Å². The van der Waals surface area contributed by atoms with E-state index in [-0.39, 0.29) is 0 Å². The molecule has 1 rings (SSSR count). The van der Waals surface area contributed by atoms with Gasteiger partial charge in [0.05, 0.1) is 0 Å². The second-order valence-corrected chi connectivity index (χ2v) is 6.54. The summed E-state index contributed by atoms with van der Waals surface area (Å²) in [4.78, 5) is 2.12. The number of hydrogen-bond donors (Lipinski definition) is 0. The van der Waals surface area contributed by atoms with Crippen molar-refractivity contribution in [3.63, 3.8) is 0 Å². The maximum Gasteiger partial charge on any atom is 0.0491 e. The first-order valence-electron chi connectivity index (χ1n) is 7.97. The first kappa shape index (κ1) is 16.6. The van der Waals surface area contributed by atoms with Crippen molar-refractivity contribution in [2.75, 3.05) is 27.3 Å². The number of ether oxygens (including phenoxy) is 1. The Hall–Kier alpha value is -0.500. The molecule has 0 unspecified atom stereocenters. The van der Waals surface area contributed by atoms with Crippen LogP contribution in [0.4, 0.5) is 0 Å². The monoisotopic (exact) mass is 267 g/mol. The fraction of sp³-hybridized carbons (Fsp3) is 0.882. The molecule has 1 saturated carbocycles. The zero-order chi connectivity index (χ0) is 14.3. The maximum absolute atomic E-state index is 5.73. The molecule has 1 fully saturated rings. The van der Waals surface area contributed by atoms with E-state index in [9.17, 15) is 0 Å². The van der Waals surface area contributed by atoms with Crippen molar-refractivity contribution in [3.05, 3.63) is 12.3 Å². The molecule has 4 atom stereocenters. The van der Waals surface area contributed by atoms with Gasteiger partial charge in [0.2, 0.25) is 0 Å². The van der Waals surface area contributed by atoms with E-state index in [2.05, 4.69) is 52.0 Å². The fourth-order valence-corrected chi connectivity index (χ4v) is 2.91. The second-order valence-electron chi connectivity index (χ2n) is 6.54. The van der Waals surface area contributed by atoms with Crippen molar-refractivity contribution in [1.82, 2.24) is 4.90 Å². The summed E-state index contributed by atoms with van der Waals surface area (Å²) in [5.74, 6) is 3.46. The molecule has 2 nitrogen and oxygen atoms in total. The van der Waals surface area contributed by atoms with E-state index in [0.717, 1.165) is 31.0 Å². The van der Waals surface area contributed by atoms with Gasteiger partial charge in [-0.15, -0.1) is 0 Å². The lowest BCUT2D eigenvalue weighted by atomic mass is 10.0. The summed E-state index contributed by atoms with van der Waals surface area (Å²) in [5, 5.41) is 0. The van der Waals surface area contributed by atoms with Crippen molar-refractivity contribution in [1.29, 1.82) is 0 Å². The second kappa shape index (κ2) is 8.63.